The number of hydrogen-bond acceptors (Lipinski definition) is 3. The fourth-order valence-corrected chi connectivity index (χ4v) is 3.05. The van der Waals surface area contributed by atoms with E-state index in [1.807, 2.05) is 0 Å². The maximum absolute atomic E-state index is 13.3. The number of hydrogen-bond donors (Lipinski definition) is 1. The van der Waals surface area contributed by atoms with Gasteiger partial charge in [0, 0.05) is 32.1 Å². The summed E-state index contributed by atoms with van der Waals surface area (Å²) in [6.07, 6.45) is -4.16. The predicted octanol–water partition coefficient (Wildman–Crippen LogP) is 5.80. The van der Waals surface area contributed by atoms with Gasteiger partial charge in [0.2, 0.25) is 0 Å². The van der Waals surface area contributed by atoms with Crippen LogP contribution in [0, 0.1) is 0 Å². The van der Waals surface area contributed by atoms with E-state index in [2.05, 4.69) is 0 Å². The third-order valence-corrected chi connectivity index (χ3v) is 4.96. The van der Waals surface area contributed by atoms with Crippen LogP contribution < -0.4 is 4.74 Å². The SMILES string of the molecule is OC1(c2cc(Oc3ccc(Cl)c(Cl)c3)cc(C(F)(F)F)c2)CCOCC1. The Bertz CT molecular complexity index is 803. The van der Waals surface area contributed by atoms with Crippen LogP contribution >= 0.6 is 23.2 Å². The molecule has 3 nitrogen and oxygen atoms in total. The van der Waals surface area contributed by atoms with E-state index in [1.165, 1.54) is 24.3 Å². The summed E-state index contributed by atoms with van der Waals surface area (Å²) < 4.78 is 50.6. The monoisotopic (exact) mass is 406 g/mol. The first-order chi connectivity index (χ1) is 12.2. The van der Waals surface area contributed by atoms with Gasteiger partial charge in [0.1, 0.15) is 11.5 Å². The molecule has 1 heterocycles. The van der Waals surface area contributed by atoms with E-state index in [9.17, 15) is 18.3 Å². The van der Waals surface area contributed by atoms with Crippen molar-refractivity contribution in [3.8, 4) is 11.5 Å². The van der Waals surface area contributed by atoms with Crippen molar-refractivity contribution < 1.29 is 27.8 Å². The topological polar surface area (TPSA) is 38.7 Å². The van der Waals surface area contributed by atoms with Crippen molar-refractivity contribution in [1.29, 1.82) is 0 Å². The van der Waals surface area contributed by atoms with Crippen LogP contribution in [0.25, 0.3) is 0 Å². The Balaban J connectivity index is 2.01. The predicted molar refractivity (Wildman–Crippen MR) is 91.9 cm³/mol. The lowest BCUT2D eigenvalue weighted by Gasteiger charge is -2.33. The molecule has 1 aliphatic rings. The molecular weight excluding hydrogens is 392 g/mol. The van der Waals surface area contributed by atoms with E-state index < -0.39 is 17.3 Å². The molecule has 0 aromatic heterocycles. The second kappa shape index (κ2) is 7.27. The summed E-state index contributed by atoms with van der Waals surface area (Å²) >= 11 is 11.7. The molecular formula is C18H15Cl2F3O3. The standard InChI is InChI=1S/C18H15Cl2F3O3/c19-15-2-1-13(10-16(15)20)26-14-8-11(7-12(9-14)18(21,22)23)17(24)3-5-25-6-4-17/h1-2,7-10,24H,3-6H2. The van der Waals surface area contributed by atoms with Crippen molar-refractivity contribution >= 4 is 23.2 Å². The van der Waals surface area contributed by atoms with Gasteiger partial charge in [-0.05, 0) is 35.9 Å². The fraction of sp³-hybridized carbons (Fsp3) is 0.333. The lowest BCUT2D eigenvalue weighted by molar-refractivity contribution is -0.138. The molecule has 1 saturated heterocycles. The number of ether oxygens (including phenoxy) is 2. The Labute approximate surface area is 158 Å². The molecule has 0 spiro atoms. The number of benzene rings is 2. The van der Waals surface area contributed by atoms with Gasteiger partial charge >= 0.3 is 6.18 Å². The van der Waals surface area contributed by atoms with E-state index in [0.29, 0.717) is 5.02 Å². The summed E-state index contributed by atoms with van der Waals surface area (Å²) in [5.74, 6) is 0.191. The maximum atomic E-state index is 13.3. The third kappa shape index (κ3) is 4.26. The fourth-order valence-electron chi connectivity index (χ4n) is 2.76. The Hall–Kier alpha value is -1.47. The third-order valence-electron chi connectivity index (χ3n) is 4.22. The van der Waals surface area contributed by atoms with Crippen LogP contribution in [0.4, 0.5) is 13.2 Å². The van der Waals surface area contributed by atoms with E-state index >= 15 is 0 Å². The molecule has 0 atom stereocenters. The van der Waals surface area contributed by atoms with Gasteiger partial charge in [-0.1, -0.05) is 23.2 Å². The van der Waals surface area contributed by atoms with E-state index in [4.69, 9.17) is 32.7 Å². The summed E-state index contributed by atoms with van der Waals surface area (Å²) in [5.41, 5.74) is -2.15. The molecule has 2 aromatic rings. The van der Waals surface area contributed by atoms with Crippen LogP contribution in [-0.4, -0.2) is 18.3 Å². The quantitative estimate of drug-likeness (QED) is 0.699. The molecule has 0 unspecified atom stereocenters. The van der Waals surface area contributed by atoms with Gasteiger partial charge in [-0.2, -0.15) is 13.2 Å². The minimum atomic E-state index is -4.58. The average Bonchev–Trinajstić information content (AvgIpc) is 2.58. The van der Waals surface area contributed by atoms with Crippen molar-refractivity contribution in [2.75, 3.05) is 13.2 Å². The van der Waals surface area contributed by atoms with Crippen molar-refractivity contribution in [2.45, 2.75) is 24.6 Å². The average molecular weight is 407 g/mol. The lowest BCUT2D eigenvalue weighted by Crippen LogP contribution is -2.33. The van der Waals surface area contributed by atoms with Crippen LogP contribution in [-0.2, 0) is 16.5 Å². The van der Waals surface area contributed by atoms with Crippen molar-refractivity contribution in [2.24, 2.45) is 0 Å². The minimum Gasteiger partial charge on any atom is -0.457 e. The Morgan fingerprint density at radius 2 is 1.65 bits per heavy atom. The van der Waals surface area contributed by atoms with E-state index in [1.54, 1.807) is 0 Å². The van der Waals surface area contributed by atoms with Crippen molar-refractivity contribution in [1.82, 2.24) is 0 Å². The summed E-state index contributed by atoms with van der Waals surface area (Å²) in [5, 5.41) is 11.3. The normalized spacial score (nSPS) is 17.2. The molecule has 0 aliphatic carbocycles. The smallest absolute Gasteiger partial charge is 0.416 e. The van der Waals surface area contributed by atoms with Crippen molar-refractivity contribution in [3.05, 3.63) is 57.6 Å². The maximum Gasteiger partial charge on any atom is 0.416 e. The minimum absolute atomic E-state index is 0.0480. The molecule has 0 amide bonds. The second-order valence-corrected chi connectivity index (χ2v) is 6.88. The molecule has 0 saturated carbocycles. The molecule has 140 valence electrons. The highest BCUT2D eigenvalue weighted by Gasteiger charge is 2.37. The van der Waals surface area contributed by atoms with Crippen LogP contribution in [0.5, 0.6) is 11.5 Å². The lowest BCUT2D eigenvalue weighted by atomic mass is 9.85. The number of halogens is 5. The molecule has 1 fully saturated rings. The highest BCUT2D eigenvalue weighted by atomic mass is 35.5. The highest BCUT2D eigenvalue weighted by molar-refractivity contribution is 6.42. The molecule has 8 heteroatoms. The number of aliphatic hydroxyl groups is 1. The van der Waals surface area contributed by atoms with E-state index in [-0.39, 0.29) is 48.1 Å². The summed E-state index contributed by atoms with van der Waals surface area (Å²) in [6.45, 7) is 0.547. The molecule has 0 radical (unpaired) electrons. The number of rotatable bonds is 3. The first kappa shape index (κ1) is 19.3. The van der Waals surface area contributed by atoms with Gasteiger partial charge in [0.25, 0.3) is 0 Å². The largest absolute Gasteiger partial charge is 0.457 e. The van der Waals surface area contributed by atoms with Gasteiger partial charge in [-0.3, -0.25) is 0 Å². The first-order valence-electron chi connectivity index (χ1n) is 7.83. The van der Waals surface area contributed by atoms with Crippen LogP contribution in [0.1, 0.15) is 24.0 Å². The van der Waals surface area contributed by atoms with Crippen LogP contribution in [0.3, 0.4) is 0 Å². The molecule has 26 heavy (non-hydrogen) atoms. The first-order valence-corrected chi connectivity index (χ1v) is 8.59. The zero-order valence-corrected chi connectivity index (χ0v) is 15.0. The summed E-state index contributed by atoms with van der Waals surface area (Å²) in [7, 11) is 0. The molecule has 1 aliphatic heterocycles. The Kier molecular flexibility index (Phi) is 5.40. The van der Waals surface area contributed by atoms with Gasteiger partial charge in [-0.25, -0.2) is 0 Å². The van der Waals surface area contributed by atoms with Gasteiger partial charge in [0.05, 0.1) is 21.2 Å². The van der Waals surface area contributed by atoms with Gasteiger partial charge < -0.3 is 14.6 Å². The number of alkyl halides is 3. The highest BCUT2D eigenvalue weighted by Crippen LogP contribution is 2.40. The van der Waals surface area contributed by atoms with Gasteiger partial charge in [-0.15, -0.1) is 0 Å². The van der Waals surface area contributed by atoms with E-state index in [0.717, 1.165) is 12.1 Å². The zero-order chi connectivity index (χ0) is 18.9. The van der Waals surface area contributed by atoms with Crippen LogP contribution in [0.2, 0.25) is 10.0 Å². The molecule has 1 N–H and O–H groups in total. The molecule has 0 bridgehead atoms. The molecule has 3 rings (SSSR count). The van der Waals surface area contributed by atoms with Gasteiger partial charge in [0.15, 0.2) is 0 Å². The zero-order valence-electron chi connectivity index (χ0n) is 13.4. The Morgan fingerprint density at radius 3 is 2.27 bits per heavy atom. The summed E-state index contributed by atoms with van der Waals surface area (Å²) in [6, 6.07) is 7.63. The molecule has 2 aromatic carbocycles. The Morgan fingerprint density at radius 1 is 0.962 bits per heavy atom. The second-order valence-electron chi connectivity index (χ2n) is 6.07. The van der Waals surface area contributed by atoms with Crippen LogP contribution in [0.15, 0.2) is 36.4 Å². The summed E-state index contributed by atoms with van der Waals surface area (Å²) in [4.78, 5) is 0. The van der Waals surface area contributed by atoms with Crippen molar-refractivity contribution in [3.63, 3.8) is 0 Å².